The van der Waals surface area contributed by atoms with Gasteiger partial charge < -0.3 is 20.5 Å². The van der Waals surface area contributed by atoms with Crippen LogP contribution in [0.1, 0.15) is 69.4 Å². The first-order chi connectivity index (χ1) is 16.3. The van der Waals surface area contributed by atoms with E-state index in [1.165, 1.54) is 22.3 Å². The minimum absolute atomic E-state index is 0.0461. The minimum Gasteiger partial charge on any atom is -0.481 e. The van der Waals surface area contributed by atoms with Gasteiger partial charge in [0.1, 0.15) is 6.61 Å². The molecule has 0 aliphatic heterocycles. The lowest BCUT2D eigenvalue weighted by Gasteiger charge is -2.24. The van der Waals surface area contributed by atoms with Crippen LogP contribution in [0.4, 0.5) is 4.79 Å². The van der Waals surface area contributed by atoms with Crippen LogP contribution in [-0.4, -0.2) is 41.8 Å². The highest BCUT2D eigenvalue weighted by molar-refractivity contribution is 5.79. The number of alkyl carbamates (subject to hydrolysis) is 1. The van der Waals surface area contributed by atoms with E-state index in [-0.39, 0.29) is 18.2 Å². The van der Waals surface area contributed by atoms with Crippen LogP contribution < -0.4 is 10.6 Å². The summed E-state index contributed by atoms with van der Waals surface area (Å²) in [6.45, 7) is 4.23. The van der Waals surface area contributed by atoms with Crippen molar-refractivity contribution in [3.05, 3.63) is 59.7 Å². The average Bonchev–Trinajstić information content (AvgIpc) is 3.09. The number of nitrogens with one attached hydrogen (secondary N) is 2. The molecule has 0 saturated carbocycles. The quantitative estimate of drug-likeness (QED) is 0.388. The largest absolute Gasteiger partial charge is 0.481 e. The van der Waals surface area contributed by atoms with Gasteiger partial charge >= 0.3 is 12.1 Å². The van der Waals surface area contributed by atoms with Crippen molar-refractivity contribution in [1.29, 1.82) is 0 Å². The van der Waals surface area contributed by atoms with Crippen molar-refractivity contribution in [2.45, 2.75) is 63.8 Å². The number of unbranched alkanes of at least 4 members (excludes halogenated alkanes) is 3. The van der Waals surface area contributed by atoms with Crippen LogP contribution in [0.25, 0.3) is 11.1 Å². The van der Waals surface area contributed by atoms with E-state index in [9.17, 15) is 14.4 Å². The van der Waals surface area contributed by atoms with Gasteiger partial charge in [-0.25, -0.2) is 4.79 Å². The van der Waals surface area contributed by atoms with Gasteiger partial charge in [-0.3, -0.25) is 9.59 Å². The van der Waals surface area contributed by atoms with Gasteiger partial charge in [0.15, 0.2) is 0 Å². The summed E-state index contributed by atoms with van der Waals surface area (Å²) in [5.74, 6) is -1.03. The lowest BCUT2D eigenvalue weighted by Crippen LogP contribution is -2.44. The molecule has 0 spiro atoms. The molecule has 34 heavy (non-hydrogen) atoms. The number of amides is 2. The Kier molecular flexibility index (Phi) is 8.68. The molecule has 0 heterocycles. The first-order valence-corrected chi connectivity index (χ1v) is 11.9. The molecule has 7 nitrogen and oxygen atoms in total. The molecule has 2 aromatic carbocycles. The Morgan fingerprint density at radius 3 is 2.12 bits per heavy atom. The van der Waals surface area contributed by atoms with Crippen molar-refractivity contribution in [2.24, 2.45) is 0 Å². The van der Waals surface area contributed by atoms with Crippen LogP contribution in [0.3, 0.4) is 0 Å². The van der Waals surface area contributed by atoms with Gasteiger partial charge in [0.05, 0.1) is 6.42 Å². The Balaban J connectivity index is 1.30. The minimum atomic E-state index is -0.936. The maximum atomic E-state index is 12.2. The van der Waals surface area contributed by atoms with Crippen LogP contribution >= 0.6 is 0 Å². The summed E-state index contributed by atoms with van der Waals surface area (Å²) in [5.41, 5.74) is 4.02. The fraction of sp³-hybridized carbons (Fsp3) is 0.444. The standard InChI is InChI=1S/C27H34N2O5/c1-27(2,17-25(31)32)29-24(30)15-5-3-4-10-16-28-26(33)34-18-23-21-13-8-6-11-19(21)20-12-7-9-14-22(20)23/h6-9,11-14,23H,3-5,10,15-18H2,1-2H3,(H,28,33)(H,29,30)(H,31,32). The molecule has 0 radical (unpaired) electrons. The number of rotatable bonds is 12. The summed E-state index contributed by atoms with van der Waals surface area (Å²) in [5, 5.41) is 14.4. The zero-order chi connectivity index (χ0) is 24.6. The predicted molar refractivity (Wildman–Crippen MR) is 131 cm³/mol. The van der Waals surface area contributed by atoms with Gasteiger partial charge in [-0.05, 0) is 48.9 Å². The van der Waals surface area contributed by atoms with Gasteiger partial charge in [0.2, 0.25) is 5.91 Å². The zero-order valence-electron chi connectivity index (χ0n) is 19.9. The Bertz CT molecular complexity index is 972. The molecule has 182 valence electrons. The van der Waals surface area contributed by atoms with Crippen LogP contribution in [0.2, 0.25) is 0 Å². The third-order valence-corrected chi connectivity index (χ3v) is 6.01. The van der Waals surface area contributed by atoms with Crippen molar-refractivity contribution in [3.8, 4) is 11.1 Å². The molecule has 0 fully saturated rings. The van der Waals surface area contributed by atoms with E-state index in [2.05, 4.69) is 34.9 Å². The highest BCUT2D eigenvalue weighted by Crippen LogP contribution is 2.44. The van der Waals surface area contributed by atoms with Crippen molar-refractivity contribution in [3.63, 3.8) is 0 Å². The molecule has 3 rings (SSSR count). The van der Waals surface area contributed by atoms with Crippen LogP contribution in [0, 0.1) is 0 Å². The molecule has 7 heteroatoms. The second kappa shape index (κ2) is 11.7. The Morgan fingerprint density at radius 1 is 0.912 bits per heavy atom. The number of hydrogen-bond acceptors (Lipinski definition) is 4. The summed E-state index contributed by atoms with van der Waals surface area (Å²) >= 11 is 0. The lowest BCUT2D eigenvalue weighted by molar-refractivity contribution is -0.138. The number of carbonyl (C=O) groups is 3. The summed E-state index contributed by atoms with van der Waals surface area (Å²) < 4.78 is 5.53. The molecule has 0 aromatic heterocycles. The van der Waals surface area contributed by atoms with E-state index in [1.807, 2.05) is 24.3 Å². The Hall–Kier alpha value is -3.35. The first kappa shape index (κ1) is 25.3. The second-order valence-electron chi connectivity index (χ2n) is 9.42. The monoisotopic (exact) mass is 466 g/mol. The number of fused-ring (bicyclic) bond motifs is 3. The number of aliphatic carboxylic acids is 1. The van der Waals surface area contributed by atoms with Crippen LogP contribution in [0.15, 0.2) is 48.5 Å². The predicted octanol–water partition coefficient (Wildman–Crippen LogP) is 4.85. The van der Waals surface area contributed by atoms with E-state index < -0.39 is 17.6 Å². The highest BCUT2D eigenvalue weighted by atomic mass is 16.5. The summed E-state index contributed by atoms with van der Waals surface area (Å²) in [7, 11) is 0. The Morgan fingerprint density at radius 2 is 1.50 bits per heavy atom. The number of carbonyl (C=O) groups excluding carboxylic acids is 2. The molecule has 0 atom stereocenters. The number of ether oxygens (including phenoxy) is 1. The zero-order valence-corrected chi connectivity index (χ0v) is 19.9. The van der Waals surface area contributed by atoms with Crippen LogP contribution in [-0.2, 0) is 14.3 Å². The first-order valence-electron chi connectivity index (χ1n) is 11.9. The number of hydrogen-bond donors (Lipinski definition) is 3. The van der Waals surface area contributed by atoms with Crippen molar-refractivity contribution in [1.82, 2.24) is 10.6 Å². The molecular weight excluding hydrogens is 432 g/mol. The highest BCUT2D eigenvalue weighted by Gasteiger charge is 2.29. The third kappa shape index (κ3) is 7.07. The van der Waals surface area contributed by atoms with Crippen molar-refractivity contribution >= 4 is 18.0 Å². The number of benzene rings is 2. The molecule has 0 unspecified atom stereocenters. The summed E-state index contributed by atoms with van der Waals surface area (Å²) in [6, 6.07) is 16.5. The number of carboxylic acids is 1. The number of carboxylic acid groups (broad SMARTS) is 1. The van der Waals surface area contributed by atoms with Crippen LogP contribution in [0.5, 0.6) is 0 Å². The van der Waals surface area contributed by atoms with E-state index in [0.29, 0.717) is 19.6 Å². The second-order valence-corrected chi connectivity index (χ2v) is 9.42. The maximum Gasteiger partial charge on any atom is 0.407 e. The van der Waals surface area contributed by atoms with E-state index >= 15 is 0 Å². The molecule has 2 amide bonds. The van der Waals surface area contributed by atoms with E-state index in [0.717, 1.165) is 25.7 Å². The normalized spacial score (nSPS) is 12.5. The SMILES string of the molecule is CC(C)(CC(=O)O)NC(=O)CCCCCCNC(=O)OCC1c2ccccc2-c2ccccc21. The van der Waals surface area contributed by atoms with E-state index in [1.54, 1.807) is 13.8 Å². The fourth-order valence-corrected chi connectivity index (χ4v) is 4.47. The summed E-state index contributed by atoms with van der Waals surface area (Å²) in [6.07, 6.45) is 3.11. The molecule has 0 bridgehead atoms. The molecule has 3 N–H and O–H groups in total. The topological polar surface area (TPSA) is 105 Å². The maximum absolute atomic E-state index is 12.2. The average molecular weight is 467 g/mol. The molecular formula is C27H34N2O5. The Labute approximate surface area is 200 Å². The van der Waals surface area contributed by atoms with Gasteiger partial charge in [0.25, 0.3) is 0 Å². The van der Waals surface area contributed by atoms with Gasteiger partial charge in [-0.15, -0.1) is 0 Å². The molecule has 1 aliphatic carbocycles. The van der Waals surface area contributed by atoms with E-state index in [4.69, 9.17) is 9.84 Å². The summed E-state index contributed by atoms with van der Waals surface area (Å²) in [4.78, 5) is 35.0. The molecule has 0 saturated heterocycles. The third-order valence-electron chi connectivity index (χ3n) is 6.01. The fourth-order valence-electron chi connectivity index (χ4n) is 4.47. The van der Waals surface area contributed by atoms with Crippen molar-refractivity contribution in [2.75, 3.05) is 13.2 Å². The lowest BCUT2D eigenvalue weighted by atomic mass is 9.98. The van der Waals surface area contributed by atoms with Gasteiger partial charge in [0, 0.05) is 24.4 Å². The van der Waals surface area contributed by atoms with Gasteiger partial charge in [-0.1, -0.05) is 61.4 Å². The van der Waals surface area contributed by atoms with Crippen molar-refractivity contribution < 1.29 is 24.2 Å². The smallest absolute Gasteiger partial charge is 0.407 e. The molecule has 2 aromatic rings. The molecule has 1 aliphatic rings. The van der Waals surface area contributed by atoms with Gasteiger partial charge in [-0.2, -0.15) is 0 Å².